The van der Waals surface area contributed by atoms with Crippen molar-refractivity contribution in [2.24, 2.45) is 0 Å². The fourth-order valence-corrected chi connectivity index (χ4v) is 4.06. The van der Waals surface area contributed by atoms with Gasteiger partial charge in [-0.25, -0.2) is 15.0 Å². The van der Waals surface area contributed by atoms with Crippen molar-refractivity contribution in [1.29, 1.82) is 0 Å². The van der Waals surface area contributed by atoms with E-state index in [2.05, 4.69) is 36.1 Å². The van der Waals surface area contributed by atoms with Crippen LogP contribution in [0.4, 0.5) is 5.82 Å². The average Bonchev–Trinajstić information content (AvgIpc) is 3.05. The van der Waals surface area contributed by atoms with Crippen LogP contribution in [0.2, 0.25) is 0 Å². The maximum atomic E-state index is 12.9. The van der Waals surface area contributed by atoms with Crippen molar-refractivity contribution >= 4 is 23.1 Å². The molecule has 0 bridgehead atoms. The number of likely N-dealkylation sites (tertiary alicyclic amines) is 1. The van der Waals surface area contributed by atoms with Gasteiger partial charge in [0.1, 0.15) is 5.01 Å². The van der Waals surface area contributed by atoms with E-state index in [9.17, 15) is 4.79 Å². The topological polar surface area (TPSA) is 85.0 Å². The van der Waals surface area contributed by atoms with Gasteiger partial charge in [-0.3, -0.25) is 4.79 Å². The Bertz CT molecular complexity index is 737. The van der Waals surface area contributed by atoms with E-state index in [1.807, 2.05) is 4.90 Å². The fraction of sp³-hybridized carbons (Fsp3) is 0.529. The minimum Gasteiger partial charge on any atom is -0.382 e. The predicted molar refractivity (Wildman–Crippen MR) is 94.9 cm³/mol. The first-order valence-corrected chi connectivity index (χ1v) is 9.09. The van der Waals surface area contributed by atoms with E-state index in [0.29, 0.717) is 6.54 Å². The summed E-state index contributed by atoms with van der Waals surface area (Å²) in [6.45, 7) is 7.14. The Balaban J connectivity index is 1.90. The van der Waals surface area contributed by atoms with Crippen molar-refractivity contribution in [2.75, 3.05) is 12.3 Å². The molecule has 1 atom stereocenters. The van der Waals surface area contributed by atoms with Crippen LogP contribution >= 0.6 is 11.3 Å². The second kappa shape index (κ2) is 6.47. The number of nitrogens with two attached hydrogens (primary N) is 1. The third-order valence-corrected chi connectivity index (χ3v) is 5.21. The van der Waals surface area contributed by atoms with Crippen molar-refractivity contribution in [3.8, 4) is 0 Å². The minimum atomic E-state index is -0.155. The summed E-state index contributed by atoms with van der Waals surface area (Å²) < 4.78 is 0. The van der Waals surface area contributed by atoms with Gasteiger partial charge in [0.2, 0.25) is 0 Å². The quantitative estimate of drug-likeness (QED) is 0.903. The number of carbonyl (C=O) groups excluding carboxylic acids is 1. The number of carbonyl (C=O) groups is 1. The highest BCUT2D eigenvalue weighted by molar-refractivity contribution is 7.09. The number of hydrogen-bond donors (Lipinski definition) is 1. The Morgan fingerprint density at radius 3 is 2.71 bits per heavy atom. The number of nitrogen functional groups attached to an aromatic ring is 1. The minimum absolute atomic E-state index is 0.00578. The Labute approximate surface area is 146 Å². The van der Waals surface area contributed by atoms with Crippen molar-refractivity contribution in [1.82, 2.24) is 19.9 Å². The highest BCUT2D eigenvalue weighted by Gasteiger charge is 2.33. The Kier molecular flexibility index (Phi) is 4.54. The summed E-state index contributed by atoms with van der Waals surface area (Å²) in [5.41, 5.74) is 7.15. The molecular formula is C17H23N5OS. The molecule has 1 fully saturated rings. The molecule has 0 unspecified atom stereocenters. The number of amides is 1. The van der Waals surface area contributed by atoms with E-state index in [1.165, 1.54) is 12.4 Å². The molecule has 3 rings (SSSR count). The molecule has 7 heteroatoms. The summed E-state index contributed by atoms with van der Waals surface area (Å²) in [7, 11) is 0. The molecule has 6 nitrogen and oxygen atoms in total. The van der Waals surface area contributed by atoms with E-state index in [0.717, 1.165) is 30.0 Å². The van der Waals surface area contributed by atoms with Crippen molar-refractivity contribution < 1.29 is 4.79 Å². The number of piperidine rings is 1. The molecule has 0 spiro atoms. The first-order chi connectivity index (χ1) is 11.4. The smallest absolute Gasteiger partial charge is 0.276 e. The van der Waals surface area contributed by atoms with Gasteiger partial charge >= 0.3 is 0 Å². The fourth-order valence-electron chi connectivity index (χ4n) is 2.87. The first kappa shape index (κ1) is 16.8. The van der Waals surface area contributed by atoms with Gasteiger partial charge in [-0.15, -0.1) is 11.3 Å². The molecule has 1 saturated heterocycles. The second-order valence-corrected chi connectivity index (χ2v) is 8.01. The van der Waals surface area contributed by atoms with Gasteiger partial charge in [0.05, 0.1) is 11.7 Å². The third-order valence-electron chi connectivity index (χ3n) is 4.27. The average molecular weight is 345 g/mol. The van der Waals surface area contributed by atoms with Crippen LogP contribution in [0, 0.1) is 0 Å². The lowest BCUT2D eigenvalue weighted by molar-refractivity contribution is 0.0605. The number of aromatic nitrogens is 3. The molecule has 0 saturated carbocycles. The number of hydrogen-bond acceptors (Lipinski definition) is 6. The van der Waals surface area contributed by atoms with E-state index >= 15 is 0 Å². The van der Waals surface area contributed by atoms with Crippen LogP contribution < -0.4 is 5.73 Å². The molecule has 2 aromatic heterocycles. The SMILES string of the molecule is CC(C)(C)c1csc([C@@H]2CCCCN2C(=O)c2nccnc2N)n1. The first-order valence-electron chi connectivity index (χ1n) is 8.21. The molecule has 24 heavy (non-hydrogen) atoms. The lowest BCUT2D eigenvalue weighted by atomic mass is 9.93. The number of nitrogens with zero attached hydrogens (tertiary/aromatic N) is 4. The Hall–Kier alpha value is -2.02. The van der Waals surface area contributed by atoms with Gasteiger partial charge < -0.3 is 10.6 Å². The standard InChI is InChI=1S/C17H23N5OS/c1-17(2,3)12-10-24-15(21-12)11-6-4-5-9-22(11)16(23)13-14(18)20-8-7-19-13/h7-8,10-11H,4-6,9H2,1-3H3,(H2,18,20)/t11-/m0/s1. The van der Waals surface area contributed by atoms with Gasteiger partial charge in [-0.2, -0.15) is 0 Å². The number of rotatable bonds is 2. The molecule has 0 radical (unpaired) electrons. The molecule has 3 heterocycles. The Morgan fingerprint density at radius 2 is 2.04 bits per heavy atom. The second-order valence-electron chi connectivity index (χ2n) is 7.12. The summed E-state index contributed by atoms with van der Waals surface area (Å²) >= 11 is 1.63. The van der Waals surface area contributed by atoms with Gasteiger partial charge in [0, 0.05) is 29.7 Å². The lowest BCUT2D eigenvalue weighted by Gasteiger charge is -2.34. The molecule has 0 aromatic carbocycles. The summed E-state index contributed by atoms with van der Waals surface area (Å²) in [6, 6.07) is -0.00578. The third kappa shape index (κ3) is 3.26. The zero-order valence-electron chi connectivity index (χ0n) is 14.3. The highest BCUT2D eigenvalue weighted by Crippen LogP contribution is 2.35. The summed E-state index contributed by atoms with van der Waals surface area (Å²) in [4.78, 5) is 27.7. The van der Waals surface area contributed by atoms with E-state index in [-0.39, 0.29) is 28.9 Å². The van der Waals surface area contributed by atoms with E-state index in [4.69, 9.17) is 10.7 Å². The van der Waals surface area contributed by atoms with E-state index in [1.54, 1.807) is 11.3 Å². The van der Waals surface area contributed by atoms with Crippen molar-refractivity contribution in [2.45, 2.75) is 51.5 Å². The molecule has 0 aliphatic carbocycles. The van der Waals surface area contributed by atoms with Crippen LogP contribution in [-0.2, 0) is 5.41 Å². The molecule has 2 N–H and O–H groups in total. The molecule has 1 aliphatic heterocycles. The molecule has 128 valence electrons. The van der Waals surface area contributed by atoms with Crippen molar-refractivity contribution in [3.63, 3.8) is 0 Å². The van der Waals surface area contributed by atoms with Crippen molar-refractivity contribution in [3.05, 3.63) is 34.2 Å². The Morgan fingerprint density at radius 1 is 1.29 bits per heavy atom. The monoisotopic (exact) mass is 345 g/mol. The molecule has 1 aliphatic rings. The zero-order chi connectivity index (χ0) is 17.3. The van der Waals surface area contributed by atoms with Crippen LogP contribution in [0.1, 0.15) is 67.3 Å². The maximum absolute atomic E-state index is 12.9. The van der Waals surface area contributed by atoms with Crippen LogP contribution in [0.5, 0.6) is 0 Å². The van der Waals surface area contributed by atoms with Gasteiger partial charge in [-0.1, -0.05) is 20.8 Å². The van der Waals surface area contributed by atoms with E-state index < -0.39 is 0 Å². The number of anilines is 1. The van der Waals surface area contributed by atoms with Gasteiger partial charge in [0.15, 0.2) is 11.5 Å². The maximum Gasteiger partial charge on any atom is 0.276 e. The summed E-state index contributed by atoms with van der Waals surface area (Å²) in [5.74, 6) is 0.0270. The summed E-state index contributed by atoms with van der Waals surface area (Å²) in [5, 5.41) is 3.10. The molecule has 1 amide bonds. The van der Waals surface area contributed by atoms with Crippen LogP contribution in [0.3, 0.4) is 0 Å². The van der Waals surface area contributed by atoms with Crippen LogP contribution in [0.25, 0.3) is 0 Å². The molecule has 2 aromatic rings. The zero-order valence-corrected chi connectivity index (χ0v) is 15.1. The van der Waals surface area contributed by atoms with Gasteiger partial charge in [0.25, 0.3) is 5.91 Å². The summed E-state index contributed by atoms with van der Waals surface area (Å²) in [6.07, 6.45) is 6.00. The highest BCUT2D eigenvalue weighted by atomic mass is 32.1. The van der Waals surface area contributed by atoms with Crippen LogP contribution in [-0.4, -0.2) is 32.3 Å². The predicted octanol–water partition coefficient (Wildman–Crippen LogP) is 3.18. The largest absolute Gasteiger partial charge is 0.382 e. The normalized spacial score (nSPS) is 18.6. The lowest BCUT2D eigenvalue weighted by Crippen LogP contribution is -2.39. The number of thiazole rings is 1. The molecular weight excluding hydrogens is 322 g/mol. The van der Waals surface area contributed by atoms with Gasteiger partial charge in [-0.05, 0) is 19.3 Å². The van der Waals surface area contributed by atoms with Crippen LogP contribution in [0.15, 0.2) is 17.8 Å².